The molecule has 1 amide bonds. The van der Waals surface area contributed by atoms with Gasteiger partial charge >= 0.3 is 17.5 Å². The summed E-state index contributed by atoms with van der Waals surface area (Å²) in [5.74, 6) is -0.790. The number of carbonyl (C=O) groups is 1. The summed E-state index contributed by atoms with van der Waals surface area (Å²) >= 11 is 2.00. The average molecular weight is 433 g/mol. The Morgan fingerprint density at radius 3 is 2.70 bits per heavy atom. The number of nitrogens with zero attached hydrogens (tertiary/aromatic N) is 2. The number of fused-ring (bicyclic) bond motifs is 1. The lowest BCUT2D eigenvalue weighted by atomic mass is 10.2. The molecule has 0 bridgehead atoms. The smallest absolute Gasteiger partial charge is 0.423 e. The molecule has 23 heavy (non-hydrogen) atoms. The van der Waals surface area contributed by atoms with Crippen LogP contribution in [0.5, 0.6) is 0 Å². The monoisotopic (exact) mass is 433 g/mol. The molecule has 0 unspecified atom stereocenters. The molecule has 0 aliphatic rings. The molecule has 0 atom stereocenters. The van der Waals surface area contributed by atoms with Gasteiger partial charge < -0.3 is 14.5 Å². The first-order valence-corrected chi connectivity index (χ1v) is 7.82. The highest BCUT2D eigenvalue weighted by Gasteiger charge is 2.19. The molecular weight excluding hydrogens is 417 g/mol. The van der Waals surface area contributed by atoms with Gasteiger partial charge in [-0.2, -0.15) is 0 Å². The van der Waals surface area contributed by atoms with Crippen LogP contribution in [0.2, 0.25) is 0 Å². The van der Waals surface area contributed by atoms with Gasteiger partial charge in [0.1, 0.15) is 11.0 Å². The molecule has 9 heteroatoms. The summed E-state index contributed by atoms with van der Waals surface area (Å²) < 4.78 is 11.6. The number of hydrogen-bond donors (Lipinski definition) is 1. The second-order valence-corrected chi connectivity index (χ2v) is 7.02. The molecule has 2 aromatic heterocycles. The Morgan fingerprint density at radius 2 is 2.09 bits per heavy atom. The molecule has 0 radical (unpaired) electrons. The van der Waals surface area contributed by atoms with Crippen LogP contribution in [0.1, 0.15) is 26.3 Å². The zero-order valence-corrected chi connectivity index (χ0v) is 15.3. The summed E-state index contributed by atoms with van der Waals surface area (Å²) in [6, 6.07) is 0. The molecule has 0 aliphatic carbocycles. The fraction of sp³-hybridized carbons (Fsp3) is 0.429. The van der Waals surface area contributed by atoms with Crippen LogP contribution >= 0.6 is 22.6 Å². The van der Waals surface area contributed by atoms with Crippen LogP contribution in [0, 0.1) is 3.57 Å². The Bertz CT molecular complexity index is 879. The highest BCUT2D eigenvalue weighted by Crippen LogP contribution is 2.18. The number of hydrogen-bond acceptors (Lipinski definition) is 6. The summed E-state index contributed by atoms with van der Waals surface area (Å²) in [6.07, 6.45) is 0.918. The zero-order chi connectivity index (χ0) is 17.4. The van der Waals surface area contributed by atoms with Crippen LogP contribution in [-0.4, -0.2) is 21.2 Å². The van der Waals surface area contributed by atoms with Gasteiger partial charge in [-0.25, -0.2) is 19.4 Å². The molecule has 1 N–H and O–H groups in total. The van der Waals surface area contributed by atoms with Crippen molar-refractivity contribution in [2.45, 2.75) is 32.9 Å². The van der Waals surface area contributed by atoms with Gasteiger partial charge in [-0.1, -0.05) is 0 Å². The molecule has 2 rings (SSSR count). The Balaban J connectivity index is 2.43. The van der Waals surface area contributed by atoms with Gasteiger partial charge in [0.25, 0.3) is 0 Å². The highest BCUT2D eigenvalue weighted by molar-refractivity contribution is 14.1. The second kappa shape index (κ2) is 6.30. The fourth-order valence-electron chi connectivity index (χ4n) is 1.92. The third-order valence-electron chi connectivity index (χ3n) is 2.90. The van der Waals surface area contributed by atoms with Crippen molar-refractivity contribution >= 4 is 39.7 Å². The van der Waals surface area contributed by atoms with E-state index in [1.807, 2.05) is 22.6 Å². The van der Waals surface area contributed by atoms with Crippen LogP contribution in [0.3, 0.4) is 0 Å². The van der Waals surface area contributed by atoms with Crippen LogP contribution < -0.4 is 16.7 Å². The maximum absolute atomic E-state index is 12.0. The molecule has 2 aromatic rings. The maximum Gasteiger partial charge on any atom is 0.423 e. The summed E-state index contributed by atoms with van der Waals surface area (Å²) in [5, 5.41) is 2.75. The summed E-state index contributed by atoms with van der Waals surface area (Å²) in [7, 11) is 1.46. The topological polar surface area (TPSA) is 103 Å². The average Bonchev–Trinajstić information content (AvgIpc) is 2.41. The fourth-order valence-corrected chi connectivity index (χ4v) is 2.52. The molecule has 0 aromatic carbocycles. The predicted molar refractivity (Wildman–Crippen MR) is 91.3 cm³/mol. The number of amides is 1. The molecule has 2 heterocycles. The van der Waals surface area contributed by atoms with E-state index in [0.29, 0.717) is 9.13 Å². The van der Waals surface area contributed by atoms with Crippen molar-refractivity contribution in [1.29, 1.82) is 0 Å². The third kappa shape index (κ3) is 3.89. The van der Waals surface area contributed by atoms with Crippen molar-refractivity contribution in [2.24, 2.45) is 7.05 Å². The summed E-state index contributed by atoms with van der Waals surface area (Å²) in [5.41, 5.74) is -0.686. The molecule has 0 fully saturated rings. The van der Waals surface area contributed by atoms with E-state index in [1.54, 1.807) is 20.8 Å². The van der Waals surface area contributed by atoms with Crippen molar-refractivity contribution in [3.63, 3.8) is 0 Å². The van der Waals surface area contributed by atoms with E-state index >= 15 is 0 Å². The van der Waals surface area contributed by atoms with Crippen LogP contribution in [0.4, 0.5) is 4.79 Å². The third-order valence-corrected chi connectivity index (χ3v) is 3.83. The minimum Gasteiger partial charge on any atom is -0.444 e. The minimum absolute atomic E-state index is 0.0508. The minimum atomic E-state index is -0.790. The molecule has 0 aliphatic heterocycles. The van der Waals surface area contributed by atoms with E-state index in [4.69, 9.17) is 4.74 Å². The Labute approximate surface area is 145 Å². The number of halogens is 1. The van der Waals surface area contributed by atoms with Crippen LogP contribution in [0.25, 0.3) is 11.0 Å². The van der Waals surface area contributed by atoms with E-state index in [1.165, 1.54) is 13.2 Å². The zero-order valence-electron chi connectivity index (χ0n) is 13.1. The van der Waals surface area contributed by atoms with Gasteiger partial charge in [0.2, 0.25) is 0 Å². The molecule has 0 saturated carbocycles. The van der Waals surface area contributed by atoms with Gasteiger partial charge in [-0.3, -0.25) is 4.57 Å². The van der Waals surface area contributed by atoms with Crippen LogP contribution in [-0.2, 0) is 18.3 Å². The predicted octanol–water partition coefficient (Wildman–Crippen LogP) is 1.52. The normalized spacial score (nSPS) is 11.5. The molecular formula is C14H16IN3O5. The maximum atomic E-state index is 12.0. The quantitative estimate of drug-likeness (QED) is 0.721. The van der Waals surface area contributed by atoms with Crippen molar-refractivity contribution in [3.8, 4) is 0 Å². The number of aromatic nitrogens is 2. The molecule has 8 nitrogen and oxygen atoms in total. The van der Waals surface area contributed by atoms with Crippen molar-refractivity contribution in [2.75, 3.05) is 0 Å². The SMILES string of the molecule is Cn1c(=O)oc(=O)c2c(CNC(=O)OC(C)(C)C)c(I)cnc21. The van der Waals surface area contributed by atoms with E-state index in [2.05, 4.69) is 14.7 Å². The number of ether oxygens (including phenoxy) is 1. The lowest BCUT2D eigenvalue weighted by Crippen LogP contribution is -2.33. The number of alkyl carbamates (subject to hydrolysis) is 1. The standard InChI is InChI=1S/C14H16IN3O5/c1-14(2,3)23-12(20)17-5-7-8(15)6-16-10-9(7)11(19)22-13(21)18(10)4/h6H,5H2,1-4H3,(H,17,20). The highest BCUT2D eigenvalue weighted by atomic mass is 127. The van der Waals surface area contributed by atoms with Gasteiger partial charge in [-0.05, 0) is 43.4 Å². The second-order valence-electron chi connectivity index (χ2n) is 5.85. The first-order valence-electron chi connectivity index (χ1n) is 6.74. The van der Waals surface area contributed by atoms with Crippen molar-refractivity contribution < 1.29 is 13.9 Å². The Kier molecular flexibility index (Phi) is 4.78. The van der Waals surface area contributed by atoms with Crippen molar-refractivity contribution in [1.82, 2.24) is 14.9 Å². The first-order chi connectivity index (χ1) is 10.6. The number of rotatable bonds is 2. The van der Waals surface area contributed by atoms with Gasteiger partial charge in [0.15, 0.2) is 5.65 Å². The van der Waals surface area contributed by atoms with Crippen molar-refractivity contribution in [3.05, 3.63) is 36.3 Å². The number of pyridine rings is 1. The summed E-state index contributed by atoms with van der Waals surface area (Å²) in [4.78, 5) is 39.4. The number of aryl methyl sites for hydroxylation is 1. The first kappa shape index (κ1) is 17.4. The van der Waals surface area contributed by atoms with Gasteiger partial charge in [0, 0.05) is 28.9 Å². The summed E-state index contributed by atoms with van der Waals surface area (Å²) in [6.45, 7) is 5.31. The van der Waals surface area contributed by atoms with E-state index in [-0.39, 0.29) is 17.6 Å². The van der Waals surface area contributed by atoms with E-state index in [9.17, 15) is 14.4 Å². The lowest BCUT2D eigenvalue weighted by Gasteiger charge is -2.20. The number of carbonyl (C=O) groups excluding carboxylic acids is 1. The molecule has 0 saturated heterocycles. The largest absolute Gasteiger partial charge is 0.444 e. The van der Waals surface area contributed by atoms with Gasteiger partial charge in [-0.15, -0.1) is 0 Å². The van der Waals surface area contributed by atoms with Crippen LogP contribution in [0.15, 0.2) is 20.2 Å². The van der Waals surface area contributed by atoms with Gasteiger partial charge in [0.05, 0.1) is 0 Å². The molecule has 124 valence electrons. The number of nitrogens with one attached hydrogen (secondary N) is 1. The van der Waals surface area contributed by atoms with E-state index < -0.39 is 23.1 Å². The van der Waals surface area contributed by atoms with E-state index in [0.717, 1.165) is 4.57 Å². The Hall–Kier alpha value is -1.91. The lowest BCUT2D eigenvalue weighted by molar-refractivity contribution is 0.0523. The Morgan fingerprint density at radius 1 is 1.43 bits per heavy atom. The molecule has 0 spiro atoms.